The third kappa shape index (κ3) is 9.22. The van der Waals surface area contributed by atoms with Gasteiger partial charge in [0.2, 0.25) is 11.8 Å². The number of nitrogens with one attached hydrogen (secondary N) is 3. The molecule has 1 heterocycles. The number of nitro benzene ring substituents is 1. The fraction of sp³-hybridized carbons (Fsp3) is 0.484. The second-order valence-corrected chi connectivity index (χ2v) is 11.2. The van der Waals surface area contributed by atoms with Crippen molar-refractivity contribution in [3.8, 4) is 5.75 Å². The molecule has 2 aliphatic rings. The molecule has 15 nitrogen and oxygen atoms in total. The predicted molar refractivity (Wildman–Crippen MR) is 162 cm³/mol. The molecule has 46 heavy (non-hydrogen) atoms. The molecule has 0 spiro atoms. The Morgan fingerprint density at radius 2 is 1.65 bits per heavy atom. The molecule has 0 saturated carbocycles. The molecular weight excluding hydrogens is 602 g/mol. The van der Waals surface area contributed by atoms with Crippen LogP contribution in [0.1, 0.15) is 30.0 Å². The van der Waals surface area contributed by atoms with Gasteiger partial charge in [0.25, 0.3) is 11.8 Å². The highest BCUT2D eigenvalue weighted by Gasteiger charge is 2.51. The number of benzene rings is 2. The summed E-state index contributed by atoms with van der Waals surface area (Å²) in [5.74, 6) is -3.69. The molecule has 0 bridgehead atoms. The number of rotatable bonds is 18. The zero-order valence-electron chi connectivity index (χ0n) is 25.4. The maximum absolute atomic E-state index is 13.6. The largest absolute Gasteiger partial charge is 0.502 e. The van der Waals surface area contributed by atoms with E-state index in [0.29, 0.717) is 32.7 Å². The summed E-state index contributed by atoms with van der Waals surface area (Å²) in [7, 11) is 0. The van der Waals surface area contributed by atoms with Gasteiger partial charge in [-0.15, -0.1) is 0 Å². The van der Waals surface area contributed by atoms with E-state index in [2.05, 4.69) is 16.0 Å². The molecule has 1 unspecified atom stereocenters. The number of nitro groups is 1. The normalized spacial score (nSPS) is 18.2. The lowest BCUT2D eigenvalue weighted by atomic mass is 9.95. The topological polar surface area (TPSA) is 225 Å². The summed E-state index contributed by atoms with van der Waals surface area (Å²) >= 11 is 0. The zero-order chi connectivity index (χ0) is 33.2. The number of carbonyl (C=O) groups excluding carboxylic acids is 4. The molecule has 15 heteroatoms. The fourth-order valence-electron chi connectivity index (χ4n) is 5.37. The Morgan fingerprint density at radius 3 is 2.28 bits per heavy atom. The number of hydrogen-bond donors (Lipinski definition) is 5. The number of aromatic hydroxyl groups is 1. The summed E-state index contributed by atoms with van der Waals surface area (Å²) in [4.78, 5) is 62.3. The van der Waals surface area contributed by atoms with Crippen molar-refractivity contribution in [3.63, 3.8) is 0 Å². The summed E-state index contributed by atoms with van der Waals surface area (Å²) < 4.78 is 16.0. The molecule has 1 saturated heterocycles. The smallest absolute Gasteiger partial charge is 0.310 e. The Morgan fingerprint density at radius 1 is 1.00 bits per heavy atom. The molecule has 2 aromatic carbocycles. The standard InChI is InChI=1S/C31H39N5O10/c1-2-10-44-12-13-45-11-9-33-30(40)26-27(46-26)31(41)34-22(14-18-7-8-24(37)23(15-18)36(42)43)29(39)35-25(28(32)38)21-16-19-5-3-4-6-20(19)17-21/h3-8,15,21-22,25-27,37H,2,9-14,16-17H2,1H3,(H2,32,38)(H,33,40)(H,34,41)(H,35,39)/t22-,25-,26+,27?/m1/s1. The average Bonchev–Trinajstić information content (AvgIpc) is 3.72. The summed E-state index contributed by atoms with van der Waals surface area (Å²) in [6, 6.07) is 8.81. The lowest BCUT2D eigenvalue weighted by Gasteiger charge is -2.25. The molecule has 1 aliphatic heterocycles. The minimum Gasteiger partial charge on any atom is -0.502 e. The second-order valence-electron chi connectivity index (χ2n) is 11.2. The van der Waals surface area contributed by atoms with E-state index in [1.54, 1.807) is 0 Å². The minimum atomic E-state index is -1.33. The molecule has 4 rings (SSSR count). The van der Waals surface area contributed by atoms with Gasteiger partial charge in [-0.25, -0.2) is 0 Å². The molecule has 6 N–H and O–H groups in total. The molecule has 0 radical (unpaired) electrons. The van der Waals surface area contributed by atoms with Crippen LogP contribution in [0.4, 0.5) is 5.69 Å². The van der Waals surface area contributed by atoms with Gasteiger partial charge in [-0.05, 0) is 47.9 Å². The molecule has 1 aliphatic carbocycles. The van der Waals surface area contributed by atoms with Crippen LogP contribution in [0.25, 0.3) is 0 Å². The predicted octanol–water partition coefficient (Wildman–Crippen LogP) is 0.0396. The van der Waals surface area contributed by atoms with Crippen LogP contribution in [-0.2, 0) is 52.7 Å². The van der Waals surface area contributed by atoms with Crippen LogP contribution < -0.4 is 21.7 Å². The van der Waals surface area contributed by atoms with E-state index in [9.17, 15) is 34.4 Å². The van der Waals surface area contributed by atoms with E-state index in [4.69, 9.17) is 19.9 Å². The van der Waals surface area contributed by atoms with Crippen LogP contribution in [0.15, 0.2) is 42.5 Å². The molecule has 4 amide bonds. The number of hydrogen-bond acceptors (Lipinski definition) is 10. The molecule has 0 aromatic heterocycles. The minimum absolute atomic E-state index is 0.186. The van der Waals surface area contributed by atoms with Crippen LogP contribution >= 0.6 is 0 Å². The SMILES string of the molecule is CCCOCCOCCNC(=O)[C@H]1OC1C(=O)N[C@H](Cc1ccc(O)c([N+](=O)[O-])c1)C(=O)N[C@@H](C(N)=O)C1Cc2ccccc2C1. The van der Waals surface area contributed by atoms with Crippen LogP contribution in [0.2, 0.25) is 0 Å². The molecular formula is C31H39N5O10. The zero-order valence-corrected chi connectivity index (χ0v) is 25.4. The highest BCUT2D eigenvalue weighted by molar-refractivity contribution is 5.97. The van der Waals surface area contributed by atoms with Crippen molar-refractivity contribution < 1.29 is 43.4 Å². The second kappa shape index (κ2) is 16.1. The van der Waals surface area contributed by atoms with Crippen LogP contribution in [-0.4, -0.2) is 90.9 Å². The third-order valence-corrected chi connectivity index (χ3v) is 7.74. The summed E-state index contributed by atoms with van der Waals surface area (Å²) in [5.41, 5.74) is 7.44. The van der Waals surface area contributed by atoms with Gasteiger partial charge in [-0.2, -0.15) is 0 Å². The summed E-state index contributed by atoms with van der Waals surface area (Å²) in [6.45, 7) is 3.87. The van der Waals surface area contributed by atoms with E-state index in [0.717, 1.165) is 29.7 Å². The van der Waals surface area contributed by atoms with Gasteiger partial charge >= 0.3 is 5.69 Å². The molecule has 2 aromatic rings. The van der Waals surface area contributed by atoms with Crippen molar-refractivity contribution in [1.82, 2.24) is 16.0 Å². The molecule has 248 valence electrons. The van der Waals surface area contributed by atoms with Crippen LogP contribution in [0.5, 0.6) is 5.75 Å². The van der Waals surface area contributed by atoms with Crippen molar-refractivity contribution >= 4 is 29.3 Å². The molecule has 4 atom stereocenters. The number of amides is 4. The van der Waals surface area contributed by atoms with Crippen molar-refractivity contribution in [2.45, 2.75) is 56.9 Å². The number of carbonyl (C=O) groups is 4. The first kappa shape index (κ1) is 34.3. The van der Waals surface area contributed by atoms with E-state index < -0.39 is 64.3 Å². The Kier molecular flexibility index (Phi) is 12.0. The number of ether oxygens (including phenoxy) is 3. The van der Waals surface area contributed by atoms with Gasteiger partial charge in [-0.3, -0.25) is 29.3 Å². The van der Waals surface area contributed by atoms with Crippen LogP contribution in [0.3, 0.4) is 0 Å². The molecule has 1 fully saturated rings. The number of phenolic OH excluding ortho intramolecular Hbond substituents is 1. The number of nitrogens with zero attached hydrogens (tertiary/aromatic N) is 1. The van der Waals surface area contributed by atoms with Gasteiger partial charge in [0.1, 0.15) is 12.1 Å². The highest BCUT2D eigenvalue weighted by Crippen LogP contribution is 2.30. The van der Waals surface area contributed by atoms with E-state index in [1.165, 1.54) is 6.07 Å². The van der Waals surface area contributed by atoms with E-state index >= 15 is 0 Å². The van der Waals surface area contributed by atoms with Gasteiger partial charge in [0.15, 0.2) is 18.0 Å². The first-order chi connectivity index (χ1) is 22.1. The lowest BCUT2D eigenvalue weighted by Crippen LogP contribution is -2.56. The van der Waals surface area contributed by atoms with Crippen molar-refractivity contribution in [1.29, 1.82) is 0 Å². The Balaban J connectivity index is 1.39. The summed E-state index contributed by atoms with van der Waals surface area (Å²) in [5, 5.41) is 29.1. The average molecular weight is 642 g/mol. The third-order valence-electron chi connectivity index (χ3n) is 7.74. The Labute approximate surface area is 265 Å². The quantitative estimate of drug-likeness (QED) is 0.0636. The number of fused-ring (bicyclic) bond motifs is 1. The maximum Gasteiger partial charge on any atom is 0.310 e. The number of epoxide rings is 1. The maximum atomic E-state index is 13.6. The van der Waals surface area contributed by atoms with Crippen molar-refractivity contribution in [2.75, 3.05) is 33.0 Å². The Bertz CT molecular complexity index is 1410. The van der Waals surface area contributed by atoms with Crippen molar-refractivity contribution in [2.24, 2.45) is 11.7 Å². The van der Waals surface area contributed by atoms with Gasteiger partial charge < -0.3 is 41.0 Å². The summed E-state index contributed by atoms with van der Waals surface area (Å²) in [6.07, 6.45) is -0.574. The first-order valence-electron chi connectivity index (χ1n) is 15.1. The first-order valence-corrected chi connectivity index (χ1v) is 15.1. The van der Waals surface area contributed by atoms with Crippen molar-refractivity contribution in [3.05, 3.63) is 69.3 Å². The lowest BCUT2D eigenvalue weighted by molar-refractivity contribution is -0.385. The van der Waals surface area contributed by atoms with Gasteiger partial charge in [-0.1, -0.05) is 37.3 Å². The van der Waals surface area contributed by atoms with Gasteiger partial charge in [0, 0.05) is 25.6 Å². The van der Waals surface area contributed by atoms with E-state index in [1.807, 2.05) is 31.2 Å². The fourth-order valence-corrected chi connectivity index (χ4v) is 5.37. The highest BCUT2D eigenvalue weighted by atomic mass is 16.6. The van der Waals surface area contributed by atoms with Gasteiger partial charge in [0.05, 0.1) is 24.7 Å². The Hall–Kier alpha value is -4.60. The van der Waals surface area contributed by atoms with E-state index in [-0.39, 0.29) is 31.1 Å². The number of nitrogens with two attached hydrogens (primary N) is 1. The monoisotopic (exact) mass is 641 g/mol. The number of phenols is 1. The number of primary amides is 1. The van der Waals surface area contributed by atoms with Crippen LogP contribution in [0, 0.1) is 16.0 Å².